The Morgan fingerprint density at radius 1 is 1.20 bits per heavy atom. The van der Waals surface area contributed by atoms with Gasteiger partial charge in [0.1, 0.15) is 10.5 Å². The zero-order valence-corrected chi connectivity index (χ0v) is 14.6. The maximum Gasteiger partial charge on any atom is 0.173 e. The van der Waals surface area contributed by atoms with Crippen molar-refractivity contribution in [3.8, 4) is 11.4 Å². The Labute approximate surface area is 136 Å². The van der Waals surface area contributed by atoms with Gasteiger partial charge in [0.25, 0.3) is 0 Å². The maximum atomic E-state index is 13.6. The molecule has 0 aliphatic rings. The average Bonchev–Trinajstić information content (AvgIpc) is 2.39. The topological polar surface area (TPSA) is 28.7 Å². The van der Waals surface area contributed by atoms with Crippen molar-refractivity contribution in [2.75, 3.05) is 0 Å². The lowest BCUT2D eigenvalue weighted by Gasteiger charge is -2.12. The van der Waals surface area contributed by atoms with E-state index in [0.717, 1.165) is 11.8 Å². The molecular formula is C13H10Br2F2N2S. The van der Waals surface area contributed by atoms with Gasteiger partial charge >= 0.3 is 0 Å². The molecule has 106 valence electrons. The molecule has 1 aromatic heterocycles. The number of H-pyrrole nitrogens is 1. The summed E-state index contributed by atoms with van der Waals surface area (Å²) in [6.07, 6.45) is 0. The molecule has 0 saturated heterocycles. The van der Waals surface area contributed by atoms with Gasteiger partial charge in [0, 0.05) is 11.3 Å². The number of hydrogen-bond acceptors (Lipinski definition) is 2. The number of nitrogens with one attached hydrogen (secondary N) is 1. The van der Waals surface area contributed by atoms with E-state index in [-0.39, 0.29) is 10.4 Å². The van der Waals surface area contributed by atoms with Crippen LogP contribution < -0.4 is 0 Å². The normalized spacial score (nSPS) is 11.2. The lowest BCUT2D eigenvalue weighted by molar-refractivity contribution is 0.504. The smallest absolute Gasteiger partial charge is 0.173 e. The number of benzene rings is 1. The van der Waals surface area contributed by atoms with Crippen LogP contribution in [-0.2, 0) is 0 Å². The minimum atomic E-state index is -0.947. The van der Waals surface area contributed by atoms with Crippen LogP contribution >= 0.6 is 44.1 Å². The number of aromatic nitrogens is 2. The third kappa shape index (κ3) is 2.84. The summed E-state index contributed by atoms with van der Waals surface area (Å²) in [6, 6.07) is 2.51. The van der Waals surface area contributed by atoms with Crippen molar-refractivity contribution >= 4 is 44.1 Å². The Kier molecular flexibility index (Phi) is 4.71. The highest BCUT2D eigenvalue weighted by atomic mass is 79.9. The fourth-order valence-electron chi connectivity index (χ4n) is 1.71. The van der Waals surface area contributed by atoms with Crippen molar-refractivity contribution in [2.45, 2.75) is 19.8 Å². The molecule has 1 aromatic carbocycles. The molecule has 0 radical (unpaired) electrons. The van der Waals surface area contributed by atoms with E-state index < -0.39 is 11.6 Å². The van der Waals surface area contributed by atoms with Gasteiger partial charge in [0.2, 0.25) is 0 Å². The summed E-state index contributed by atoms with van der Waals surface area (Å²) in [6.45, 7) is 3.99. The molecule has 0 saturated carbocycles. The van der Waals surface area contributed by atoms with Crippen LogP contribution in [0.2, 0.25) is 0 Å². The van der Waals surface area contributed by atoms with Crippen LogP contribution in [0.1, 0.15) is 25.5 Å². The number of halogens is 4. The molecule has 7 heteroatoms. The summed E-state index contributed by atoms with van der Waals surface area (Å²) >= 11 is 11.6. The molecule has 2 rings (SSSR count). The highest BCUT2D eigenvalue weighted by Gasteiger charge is 2.16. The summed E-state index contributed by atoms with van der Waals surface area (Å²) in [5.74, 6) is -1.29. The zero-order chi connectivity index (χ0) is 15.0. The highest BCUT2D eigenvalue weighted by molar-refractivity contribution is 9.11. The van der Waals surface area contributed by atoms with Crippen molar-refractivity contribution in [2.24, 2.45) is 0 Å². The van der Waals surface area contributed by atoms with Gasteiger partial charge in [-0.2, -0.15) is 0 Å². The first-order chi connectivity index (χ1) is 9.32. The van der Waals surface area contributed by atoms with Gasteiger partial charge in [-0.25, -0.2) is 13.8 Å². The molecule has 0 aliphatic heterocycles. The van der Waals surface area contributed by atoms with Gasteiger partial charge in [-0.1, -0.05) is 26.1 Å². The Bertz CT molecular complexity index is 729. The Balaban J connectivity index is 2.71. The van der Waals surface area contributed by atoms with Crippen LogP contribution in [0.3, 0.4) is 0 Å². The second-order valence-electron chi connectivity index (χ2n) is 4.50. The second kappa shape index (κ2) is 5.99. The molecule has 0 fully saturated rings. The molecule has 0 bridgehead atoms. The minimum absolute atomic E-state index is 0.0210. The predicted octanol–water partition coefficient (Wildman–Crippen LogP) is 5.73. The molecule has 0 unspecified atom stereocenters. The molecule has 0 aliphatic carbocycles. The maximum absolute atomic E-state index is 13.6. The van der Waals surface area contributed by atoms with E-state index in [1.165, 1.54) is 6.07 Å². The molecule has 0 amide bonds. The van der Waals surface area contributed by atoms with Gasteiger partial charge in [0.05, 0.1) is 8.95 Å². The Morgan fingerprint density at radius 2 is 1.85 bits per heavy atom. The molecule has 2 nitrogen and oxygen atoms in total. The largest absolute Gasteiger partial charge is 0.342 e. The SMILES string of the molecule is CC(C)c1[nH]c(-c2ccc(F)c(F)c2Br)nc(=S)c1Br. The van der Waals surface area contributed by atoms with Crippen LogP contribution in [-0.4, -0.2) is 9.97 Å². The minimum Gasteiger partial charge on any atom is -0.342 e. The summed E-state index contributed by atoms with van der Waals surface area (Å²) in [4.78, 5) is 7.32. The van der Waals surface area contributed by atoms with E-state index in [1.807, 2.05) is 13.8 Å². The second-order valence-corrected chi connectivity index (χ2v) is 6.47. The van der Waals surface area contributed by atoms with E-state index in [0.29, 0.717) is 20.5 Å². The van der Waals surface area contributed by atoms with Crippen molar-refractivity contribution < 1.29 is 8.78 Å². The van der Waals surface area contributed by atoms with Crippen LogP contribution in [0.15, 0.2) is 21.1 Å². The summed E-state index contributed by atoms with van der Waals surface area (Å²) in [5, 5.41) is 0. The van der Waals surface area contributed by atoms with Crippen molar-refractivity contribution in [1.82, 2.24) is 9.97 Å². The third-order valence-electron chi connectivity index (χ3n) is 2.76. The van der Waals surface area contributed by atoms with E-state index in [1.54, 1.807) is 0 Å². The molecule has 20 heavy (non-hydrogen) atoms. The van der Waals surface area contributed by atoms with Crippen LogP contribution in [0.4, 0.5) is 8.78 Å². The molecule has 1 N–H and O–H groups in total. The van der Waals surface area contributed by atoms with Gasteiger partial charge in [-0.05, 0) is 49.9 Å². The van der Waals surface area contributed by atoms with E-state index in [2.05, 4.69) is 41.8 Å². The van der Waals surface area contributed by atoms with Crippen LogP contribution in [0.25, 0.3) is 11.4 Å². The van der Waals surface area contributed by atoms with Gasteiger partial charge in [0.15, 0.2) is 11.6 Å². The molecular weight excluding hydrogens is 414 g/mol. The van der Waals surface area contributed by atoms with Gasteiger partial charge in [-0.15, -0.1) is 0 Å². The zero-order valence-electron chi connectivity index (χ0n) is 10.6. The van der Waals surface area contributed by atoms with E-state index in [4.69, 9.17) is 12.2 Å². The Morgan fingerprint density at radius 3 is 2.45 bits per heavy atom. The average molecular weight is 424 g/mol. The lowest BCUT2D eigenvalue weighted by Crippen LogP contribution is -2.01. The van der Waals surface area contributed by atoms with Crippen molar-refractivity contribution in [1.29, 1.82) is 0 Å². The van der Waals surface area contributed by atoms with Crippen molar-refractivity contribution in [3.05, 3.63) is 43.0 Å². The van der Waals surface area contributed by atoms with Gasteiger partial charge in [-0.3, -0.25) is 0 Å². The first-order valence-corrected chi connectivity index (χ1v) is 7.76. The quantitative estimate of drug-likeness (QED) is 0.493. The van der Waals surface area contributed by atoms with Gasteiger partial charge < -0.3 is 4.98 Å². The predicted molar refractivity (Wildman–Crippen MR) is 84.3 cm³/mol. The van der Waals surface area contributed by atoms with E-state index >= 15 is 0 Å². The highest BCUT2D eigenvalue weighted by Crippen LogP contribution is 2.32. The van der Waals surface area contributed by atoms with Crippen LogP contribution in [0, 0.1) is 16.3 Å². The first-order valence-electron chi connectivity index (χ1n) is 5.76. The molecule has 0 spiro atoms. The van der Waals surface area contributed by atoms with Crippen LogP contribution in [0.5, 0.6) is 0 Å². The fraction of sp³-hybridized carbons (Fsp3) is 0.231. The number of aromatic amines is 1. The summed E-state index contributed by atoms with van der Waals surface area (Å²) in [5.41, 5.74) is 1.28. The lowest BCUT2D eigenvalue weighted by atomic mass is 10.1. The molecule has 2 aromatic rings. The first kappa shape index (κ1) is 15.7. The Hall–Kier alpha value is -0.660. The molecule has 1 heterocycles. The summed E-state index contributed by atoms with van der Waals surface area (Å²) in [7, 11) is 0. The third-order valence-corrected chi connectivity index (χ3v) is 4.89. The molecule has 0 atom stereocenters. The standard InChI is InChI=1S/C13H10Br2F2N2S/c1-5(2)11-9(15)13(20)19-12(18-11)6-3-4-7(16)10(17)8(6)14/h3-5H,1-2H3,(H,18,19,20). The van der Waals surface area contributed by atoms with E-state index in [9.17, 15) is 8.78 Å². The number of rotatable bonds is 2. The number of hydrogen-bond donors (Lipinski definition) is 1. The monoisotopic (exact) mass is 422 g/mol. The number of nitrogens with zero attached hydrogens (tertiary/aromatic N) is 1. The fourth-order valence-corrected chi connectivity index (χ4v) is 3.07. The van der Waals surface area contributed by atoms with Crippen molar-refractivity contribution in [3.63, 3.8) is 0 Å². The summed E-state index contributed by atoms with van der Waals surface area (Å²) < 4.78 is 27.9.